The third kappa shape index (κ3) is 5.01. The van der Waals surface area contributed by atoms with Crippen LogP contribution < -0.4 is 4.72 Å². The van der Waals surface area contributed by atoms with Gasteiger partial charge in [0, 0.05) is 19.9 Å². The SMILES string of the molecule is CNS(=O)(=O)c1ccc(Cl)c(C(=O)N(CCOC)Cc2ccccn2)c1. The summed E-state index contributed by atoms with van der Waals surface area (Å²) in [6.07, 6.45) is 1.64. The number of nitrogens with zero attached hydrogens (tertiary/aromatic N) is 2. The zero-order chi connectivity index (χ0) is 19.2. The van der Waals surface area contributed by atoms with Gasteiger partial charge in [0.15, 0.2) is 0 Å². The molecule has 0 fully saturated rings. The van der Waals surface area contributed by atoms with E-state index in [0.29, 0.717) is 18.8 Å². The normalized spacial score (nSPS) is 11.3. The molecule has 26 heavy (non-hydrogen) atoms. The summed E-state index contributed by atoms with van der Waals surface area (Å²) in [5.74, 6) is -0.397. The van der Waals surface area contributed by atoms with Gasteiger partial charge in [-0.2, -0.15) is 0 Å². The van der Waals surface area contributed by atoms with Crippen LogP contribution in [0.15, 0.2) is 47.5 Å². The molecule has 2 rings (SSSR count). The summed E-state index contributed by atoms with van der Waals surface area (Å²) in [6, 6.07) is 9.44. The molecule has 7 nitrogen and oxygen atoms in total. The Morgan fingerprint density at radius 2 is 2.08 bits per heavy atom. The van der Waals surface area contributed by atoms with Crippen molar-refractivity contribution in [2.45, 2.75) is 11.4 Å². The fourth-order valence-electron chi connectivity index (χ4n) is 2.26. The standard InChI is InChI=1S/C17H20ClN3O4S/c1-19-26(23,24)14-6-7-16(18)15(11-14)17(22)21(9-10-25-2)12-13-5-3-4-8-20-13/h3-8,11,19H,9-10,12H2,1-2H3. The highest BCUT2D eigenvalue weighted by Gasteiger charge is 2.22. The molecule has 0 spiro atoms. The number of ether oxygens (including phenoxy) is 1. The van der Waals surface area contributed by atoms with E-state index in [0.717, 1.165) is 0 Å². The van der Waals surface area contributed by atoms with Crippen LogP contribution in [-0.4, -0.2) is 51.5 Å². The minimum Gasteiger partial charge on any atom is -0.383 e. The second kappa shape index (κ2) is 9.09. The number of carbonyl (C=O) groups is 1. The van der Waals surface area contributed by atoms with Gasteiger partial charge in [0.25, 0.3) is 5.91 Å². The van der Waals surface area contributed by atoms with Crippen molar-refractivity contribution in [1.29, 1.82) is 0 Å². The summed E-state index contributed by atoms with van der Waals surface area (Å²) in [5.41, 5.74) is 0.808. The lowest BCUT2D eigenvalue weighted by Crippen LogP contribution is -2.34. The van der Waals surface area contributed by atoms with E-state index in [9.17, 15) is 13.2 Å². The molecule has 0 aliphatic carbocycles. The molecule has 9 heteroatoms. The molecule has 1 aromatic heterocycles. The molecule has 0 atom stereocenters. The summed E-state index contributed by atoms with van der Waals surface area (Å²) in [7, 11) is -0.848. The third-order valence-electron chi connectivity index (χ3n) is 3.68. The van der Waals surface area contributed by atoms with Crippen LogP contribution in [0.2, 0.25) is 5.02 Å². The number of hydrogen-bond donors (Lipinski definition) is 1. The molecule has 0 radical (unpaired) electrons. The molecular weight excluding hydrogens is 378 g/mol. The lowest BCUT2D eigenvalue weighted by molar-refractivity contribution is 0.0678. The Labute approximate surface area is 158 Å². The van der Waals surface area contributed by atoms with Gasteiger partial charge in [0.05, 0.1) is 34.3 Å². The van der Waals surface area contributed by atoms with Crippen LogP contribution in [0.5, 0.6) is 0 Å². The van der Waals surface area contributed by atoms with Crippen LogP contribution in [0.3, 0.4) is 0 Å². The second-order valence-electron chi connectivity index (χ2n) is 5.39. The lowest BCUT2D eigenvalue weighted by Gasteiger charge is -2.23. The van der Waals surface area contributed by atoms with Crippen molar-refractivity contribution < 1.29 is 17.9 Å². The fourth-order valence-corrected chi connectivity index (χ4v) is 3.22. The molecule has 140 valence electrons. The Balaban J connectivity index is 2.36. The maximum absolute atomic E-state index is 13.0. The summed E-state index contributed by atoms with van der Waals surface area (Å²) in [6.45, 7) is 0.887. The van der Waals surface area contributed by atoms with Crippen molar-refractivity contribution in [3.05, 3.63) is 58.9 Å². The smallest absolute Gasteiger partial charge is 0.255 e. The highest BCUT2D eigenvalue weighted by molar-refractivity contribution is 7.89. The number of rotatable bonds is 8. The van der Waals surface area contributed by atoms with Crippen molar-refractivity contribution >= 4 is 27.5 Å². The molecule has 0 aliphatic rings. The molecule has 1 aromatic carbocycles. The number of benzene rings is 1. The summed E-state index contributed by atoms with van der Waals surface area (Å²) in [4.78, 5) is 18.7. The van der Waals surface area contributed by atoms with E-state index in [4.69, 9.17) is 16.3 Å². The van der Waals surface area contributed by atoms with Crippen LogP contribution in [0.1, 0.15) is 16.1 Å². The molecular formula is C17H20ClN3O4S. The molecule has 0 unspecified atom stereocenters. The highest BCUT2D eigenvalue weighted by atomic mass is 35.5. The number of aromatic nitrogens is 1. The van der Waals surface area contributed by atoms with Crippen LogP contribution in [0.4, 0.5) is 0 Å². The molecule has 0 bridgehead atoms. The summed E-state index contributed by atoms with van der Waals surface area (Å²) >= 11 is 6.16. The van der Waals surface area contributed by atoms with Gasteiger partial charge in [0.2, 0.25) is 10.0 Å². The molecule has 1 heterocycles. The zero-order valence-corrected chi connectivity index (χ0v) is 16.0. The minimum absolute atomic E-state index is 0.0303. The van der Waals surface area contributed by atoms with E-state index in [1.54, 1.807) is 18.3 Å². The maximum Gasteiger partial charge on any atom is 0.255 e. The summed E-state index contributed by atoms with van der Waals surface area (Å²) in [5, 5.41) is 0.175. The van der Waals surface area contributed by atoms with Crippen LogP contribution in [0.25, 0.3) is 0 Å². The predicted octanol–water partition coefficient (Wildman–Crippen LogP) is 1.93. The van der Waals surface area contributed by atoms with Gasteiger partial charge in [-0.25, -0.2) is 13.1 Å². The van der Waals surface area contributed by atoms with Gasteiger partial charge in [-0.05, 0) is 37.4 Å². The molecule has 0 aliphatic heterocycles. The van der Waals surface area contributed by atoms with Crippen molar-refractivity contribution in [3.63, 3.8) is 0 Å². The third-order valence-corrected chi connectivity index (χ3v) is 5.42. The first-order valence-electron chi connectivity index (χ1n) is 7.80. The van der Waals surface area contributed by atoms with Gasteiger partial charge < -0.3 is 9.64 Å². The topological polar surface area (TPSA) is 88.6 Å². The van der Waals surface area contributed by atoms with Gasteiger partial charge in [0.1, 0.15) is 0 Å². The van der Waals surface area contributed by atoms with Crippen molar-refractivity contribution in [2.24, 2.45) is 0 Å². The highest BCUT2D eigenvalue weighted by Crippen LogP contribution is 2.22. The minimum atomic E-state index is -3.69. The van der Waals surface area contributed by atoms with Gasteiger partial charge in [-0.15, -0.1) is 0 Å². The average Bonchev–Trinajstić information content (AvgIpc) is 2.65. The first-order chi connectivity index (χ1) is 12.4. The maximum atomic E-state index is 13.0. The van der Waals surface area contributed by atoms with Crippen LogP contribution >= 0.6 is 11.6 Å². The van der Waals surface area contributed by atoms with Gasteiger partial charge >= 0.3 is 0 Å². The Morgan fingerprint density at radius 3 is 2.69 bits per heavy atom. The summed E-state index contributed by atoms with van der Waals surface area (Å²) < 4.78 is 31.3. The molecule has 0 saturated heterocycles. The van der Waals surface area contributed by atoms with Gasteiger partial charge in [-0.3, -0.25) is 9.78 Å². The number of pyridine rings is 1. The number of sulfonamides is 1. The van der Waals surface area contributed by atoms with E-state index in [-0.39, 0.29) is 22.0 Å². The molecule has 1 N–H and O–H groups in total. The van der Waals surface area contributed by atoms with E-state index in [2.05, 4.69) is 9.71 Å². The second-order valence-corrected chi connectivity index (χ2v) is 7.68. The van der Waals surface area contributed by atoms with Gasteiger partial charge in [-0.1, -0.05) is 17.7 Å². The number of nitrogens with one attached hydrogen (secondary N) is 1. The first-order valence-corrected chi connectivity index (χ1v) is 9.66. The lowest BCUT2D eigenvalue weighted by atomic mass is 10.2. The molecule has 1 amide bonds. The fraction of sp³-hybridized carbons (Fsp3) is 0.294. The van der Waals surface area contributed by atoms with E-state index >= 15 is 0 Å². The Kier molecular flexibility index (Phi) is 7.10. The predicted molar refractivity (Wildman–Crippen MR) is 98.6 cm³/mol. The Morgan fingerprint density at radius 1 is 1.31 bits per heavy atom. The van der Waals surface area contributed by atoms with E-state index in [1.807, 2.05) is 6.07 Å². The number of halogens is 1. The van der Waals surface area contributed by atoms with Crippen molar-refractivity contribution in [1.82, 2.24) is 14.6 Å². The molecule has 2 aromatic rings. The van der Waals surface area contributed by atoms with Crippen LogP contribution in [0, 0.1) is 0 Å². The average molecular weight is 398 g/mol. The zero-order valence-electron chi connectivity index (χ0n) is 14.5. The van der Waals surface area contributed by atoms with Crippen molar-refractivity contribution in [2.75, 3.05) is 27.3 Å². The van der Waals surface area contributed by atoms with E-state index < -0.39 is 15.9 Å². The number of hydrogen-bond acceptors (Lipinski definition) is 5. The molecule has 0 saturated carbocycles. The van der Waals surface area contributed by atoms with Crippen molar-refractivity contribution in [3.8, 4) is 0 Å². The number of amides is 1. The monoisotopic (exact) mass is 397 g/mol. The number of methoxy groups -OCH3 is 1. The number of carbonyl (C=O) groups excluding carboxylic acids is 1. The quantitative estimate of drug-likeness (QED) is 0.735. The van der Waals surface area contributed by atoms with E-state index in [1.165, 1.54) is 37.3 Å². The first kappa shape index (κ1) is 20.3. The Hall–Kier alpha value is -2.00. The largest absolute Gasteiger partial charge is 0.383 e. The Bertz CT molecular complexity index is 860. The van der Waals surface area contributed by atoms with Crippen LogP contribution in [-0.2, 0) is 21.3 Å².